The molecule has 0 aliphatic rings. The average Bonchev–Trinajstić information content (AvgIpc) is 2.10. The lowest BCUT2D eigenvalue weighted by molar-refractivity contribution is -0.0436. The zero-order valence-electron chi connectivity index (χ0n) is 6.95. The van der Waals surface area contributed by atoms with Gasteiger partial charge in [-0.1, -0.05) is 12.1 Å². The molecule has 0 fully saturated rings. The molecule has 0 amide bonds. The van der Waals surface area contributed by atoms with E-state index in [1.807, 2.05) is 24.3 Å². The second-order valence-electron chi connectivity index (χ2n) is 2.07. The van der Waals surface area contributed by atoms with Crippen LogP contribution in [0.4, 0.5) is 5.69 Å². The van der Waals surface area contributed by atoms with Crippen LogP contribution in [0.2, 0.25) is 0 Å². The molecule has 0 aromatic heterocycles. The summed E-state index contributed by atoms with van der Waals surface area (Å²) in [5, 5.41) is 1.32. The fourth-order valence-corrected chi connectivity index (χ4v) is 1.30. The molecule has 12 heavy (non-hydrogen) atoms. The molecule has 0 aliphatic heterocycles. The van der Waals surface area contributed by atoms with Gasteiger partial charge in [-0.2, -0.15) is 0 Å². The number of hydrogen-bond acceptors (Lipinski definition) is 3. The Hall–Kier alpha value is -0.580. The van der Waals surface area contributed by atoms with Crippen molar-refractivity contribution in [3.05, 3.63) is 28.7 Å². The minimum atomic E-state index is 0.836. The molecule has 66 valence electrons. The van der Waals surface area contributed by atoms with Gasteiger partial charge in [0.15, 0.2) is 0 Å². The summed E-state index contributed by atoms with van der Waals surface area (Å²) in [5.41, 5.74) is 0.836. The lowest BCUT2D eigenvalue weighted by Gasteiger charge is -2.18. The van der Waals surface area contributed by atoms with Crippen molar-refractivity contribution in [3.8, 4) is 0 Å². The maximum atomic E-state index is 4.95. The number of benzene rings is 1. The lowest BCUT2D eigenvalue weighted by Crippen LogP contribution is -2.19. The van der Waals surface area contributed by atoms with Gasteiger partial charge in [-0.25, -0.2) is 0 Å². The monoisotopic (exact) mass is 231 g/mol. The summed E-state index contributed by atoms with van der Waals surface area (Å²) in [6.07, 6.45) is 0. The van der Waals surface area contributed by atoms with Gasteiger partial charge in [0.05, 0.1) is 14.2 Å². The van der Waals surface area contributed by atoms with Gasteiger partial charge < -0.3 is 0 Å². The van der Waals surface area contributed by atoms with Crippen LogP contribution in [0.15, 0.2) is 28.7 Å². The number of halogens is 1. The second-order valence-corrected chi connectivity index (χ2v) is 2.93. The Morgan fingerprint density at radius 1 is 1.17 bits per heavy atom. The van der Waals surface area contributed by atoms with Gasteiger partial charge in [0.25, 0.3) is 0 Å². The maximum Gasteiger partial charge on any atom is 0.109 e. The van der Waals surface area contributed by atoms with Crippen LogP contribution < -0.4 is 5.23 Å². The molecule has 0 spiro atoms. The Bertz CT molecular complexity index is 251. The Morgan fingerprint density at radius 3 is 2.25 bits per heavy atom. The number of nitrogens with zero attached hydrogens (tertiary/aromatic N) is 1. The van der Waals surface area contributed by atoms with Crippen LogP contribution in [0.25, 0.3) is 0 Å². The molecule has 0 atom stereocenters. The molecular formula is C8H10BrNO2. The van der Waals surface area contributed by atoms with Crippen molar-refractivity contribution >= 4 is 21.6 Å². The molecule has 3 nitrogen and oxygen atoms in total. The maximum absolute atomic E-state index is 4.95. The summed E-state index contributed by atoms with van der Waals surface area (Å²) >= 11 is 3.38. The zero-order chi connectivity index (χ0) is 8.97. The van der Waals surface area contributed by atoms with Crippen LogP contribution in [0.5, 0.6) is 0 Å². The van der Waals surface area contributed by atoms with Crippen LogP contribution in [0.3, 0.4) is 0 Å². The van der Waals surface area contributed by atoms with Crippen LogP contribution in [-0.2, 0) is 9.68 Å². The Morgan fingerprint density at radius 2 is 1.75 bits per heavy atom. The topological polar surface area (TPSA) is 21.7 Å². The summed E-state index contributed by atoms with van der Waals surface area (Å²) < 4.78 is 0.925. The Labute approximate surface area is 79.9 Å². The fourth-order valence-electron chi connectivity index (χ4n) is 0.871. The van der Waals surface area contributed by atoms with E-state index in [1.165, 1.54) is 5.23 Å². The molecule has 1 rings (SSSR count). The number of rotatable bonds is 3. The zero-order valence-corrected chi connectivity index (χ0v) is 8.54. The summed E-state index contributed by atoms with van der Waals surface area (Å²) in [6.45, 7) is 0. The van der Waals surface area contributed by atoms with Crippen molar-refractivity contribution in [2.24, 2.45) is 0 Å². The van der Waals surface area contributed by atoms with Gasteiger partial charge in [-0.15, -0.1) is 5.23 Å². The molecule has 0 bridgehead atoms. The summed E-state index contributed by atoms with van der Waals surface area (Å²) in [7, 11) is 3.09. The summed E-state index contributed by atoms with van der Waals surface area (Å²) in [6, 6.07) is 7.64. The van der Waals surface area contributed by atoms with Gasteiger partial charge in [-0.3, -0.25) is 9.68 Å². The van der Waals surface area contributed by atoms with Crippen LogP contribution in [0, 0.1) is 0 Å². The third-order valence-corrected chi connectivity index (χ3v) is 2.05. The van der Waals surface area contributed by atoms with E-state index in [4.69, 9.17) is 9.68 Å². The van der Waals surface area contributed by atoms with Crippen LogP contribution in [0.1, 0.15) is 0 Å². The van der Waals surface area contributed by atoms with E-state index < -0.39 is 0 Å². The molecule has 0 N–H and O–H groups in total. The van der Waals surface area contributed by atoms with Gasteiger partial charge >= 0.3 is 0 Å². The van der Waals surface area contributed by atoms with E-state index >= 15 is 0 Å². The predicted octanol–water partition coefficient (Wildman–Crippen LogP) is 2.38. The first kappa shape index (κ1) is 9.51. The van der Waals surface area contributed by atoms with E-state index in [9.17, 15) is 0 Å². The van der Waals surface area contributed by atoms with Crippen molar-refractivity contribution in [2.45, 2.75) is 0 Å². The number of hydrogen-bond donors (Lipinski definition) is 0. The first-order chi connectivity index (χ1) is 5.79. The smallest absolute Gasteiger partial charge is 0.109 e. The van der Waals surface area contributed by atoms with Gasteiger partial charge in [0.2, 0.25) is 0 Å². The third kappa shape index (κ3) is 1.97. The Kier molecular flexibility index (Phi) is 3.52. The molecule has 1 aromatic rings. The predicted molar refractivity (Wildman–Crippen MR) is 50.6 cm³/mol. The molecule has 0 saturated carbocycles. The minimum absolute atomic E-state index is 0.836. The van der Waals surface area contributed by atoms with E-state index in [0.29, 0.717) is 0 Å². The minimum Gasteiger partial charge on any atom is -0.252 e. The van der Waals surface area contributed by atoms with Crippen molar-refractivity contribution in [1.29, 1.82) is 0 Å². The van der Waals surface area contributed by atoms with Crippen molar-refractivity contribution in [2.75, 3.05) is 19.4 Å². The summed E-state index contributed by atoms with van der Waals surface area (Å²) in [4.78, 5) is 9.89. The molecule has 0 heterocycles. The SMILES string of the molecule is CON(OC)c1ccccc1Br. The molecular weight excluding hydrogens is 222 g/mol. The summed E-state index contributed by atoms with van der Waals surface area (Å²) in [5.74, 6) is 0. The normalized spacial score (nSPS) is 9.92. The molecule has 4 heteroatoms. The highest BCUT2D eigenvalue weighted by Gasteiger charge is 2.06. The molecule has 0 unspecified atom stereocenters. The highest BCUT2D eigenvalue weighted by atomic mass is 79.9. The number of para-hydroxylation sites is 1. The van der Waals surface area contributed by atoms with Crippen molar-refractivity contribution in [3.63, 3.8) is 0 Å². The first-order valence-corrected chi connectivity index (χ1v) is 4.21. The van der Waals surface area contributed by atoms with E-state index in [2.05, 4.69) is 15.9 Å². The van der Waals surface area contributed by atoms with Gasteiger partial charge in [0.1, 0.15) is 5.69 Å². The van der Waals surface area contributed by atoms with Gasteiger partial charge in [0, 0.05) is 4.47 Å². The lowest BCUT2D eigenvalue weighted by atomic mass is 10.3. The standard InChI is InChI=1S/C8H10BrNO2/c1-11-10(12-2)8-6-4-3-5-7(8)9/h3-6H,1-2H3. The number of anilines is 1. The quantitative estimate of drug-likeness (QED) is 0.747. The van der Waals surface area contributed by atoms with Gasteiger partial charge in [-0.05, 0) is 28.1 Å². The first-order valence-electron chi connectivity index (χ1n) is 3.42. The fraction of sp³-hybridized carbons (Fsp3) is 0.250. The van der Waals surface area contributed by atoms with Crippen molar-refractivity contribution < 1.29 is 9.68 Å². The average molecular weight is 232 g/mol. The molecule has 1 aromatic carbocycles. The van der Waals surface area contributed by atoms with Crippen molar-refractivity contribution in [1.82, 2.24) is 0 Å². The Balaban J connectivity index is 2.92. The highest BCUT2D eigenvalue weighted by molar-refractivity contribution is 9.10. The van der Waals surface area contributed by atoms with Crippen LogP contribution >= 0.6 is 15.9 Å². The second kappa shape index (κ2) is 4.45. The molecule has 0 saturated heterocycles. The molecule has 0 radical (unpaired) electrons. The highest BCUT2D eigenvalue weighted by Crippen LogP contribution is 2.25. The van der Waals surface area contributed by atoms with E-state index in [1.54, 1.807) is 14.2 Å². The third-order valence-electron chi connectivity index (χ3n) is 1.38. The van der Waals surface area contributed by atoms with Crippen LogP contribution in [-0.4, -0.2) is 14.2 Å². The van der Waals surface area contributed by atoms with E-state index in [0.717, 1.165) is 10.2 Å². The van der Waals surface area contributed by atoms with E-state index in [-0.39, 0.29) is 0 Å². The largest absolute Gasteiger partial charge is 0.252 e. The molecule has 0 aliphatic carbocycles.